The molecular weight excluding hydrogens is 264 g/mol. The van der Waals surface area contributed by atoms with E-state index in [0.29, 0.717) is 0 Å². The van der Waals surface area contributed by atoms with Crippen LogP contribution in [-0.4, -0.2) is 13.1 Å². The Bertz CT molecular complexity index is 667. The number of rotatable bonds is 3. The monoisotopic (exact) mass is 278 g/mol. The summed E-state index contributed by atoms with van der Waals surface area (Å²) >= 11 is 0. The molecule has 1 aliphatic rings. The minimum absolute atomic E-state index is 0.227. The summed E-state index contributed by atoms with van der Waals surface area (Å²) in [5.74, 6) is -0.479. The highest BCUT2D eigenvalue weighted by molar-refractivity contribution is 5.88. The maximum atomic E-state index is 11.7. The van der Waals surface area contributed by atoms with E-state index < -0.39 is 11.5 Å². The van der Waals surface area contributed by atoms with Crippen LogP contribution in [-0.2, 0) is 15.1 Å². The van der Waals surface area contributed by atoms with Gasteiger partial charge in [0.1, 0.15) is 0 Å². The topological polar surface area (TPSA) is 51.0 Å². The fourth-order valence-electron chi connectivity index (χ4n) is 2.43. The van der Waals surface area contributed by atoms with Crippen LogP contribution < -0.4 is 0 Å². The number of methoxy groups -OCH3 is 1. The van der Waals surface area contributed by atoms with E-state index in [1.165, 1.54) is 7.11 Å². The fraction of sp³-hybridized carbons (Fsp3) is 0.118. The van der Waals surface area contributed by atoms with Crippen LogP contribution in [0, 0.1) is 0 Å². The van der Waals surface area contributed by atoms with E-state index in [1.54, 1.807) is 6.08 Å². The van der Waals surface area contributed by atoms with Gasteiger partial charge in [0.2, 0.25) is 0 Å². The van der Waals surface area contributed by atoms with E-state index in [1.807, 2.05) is 60.7 Å². The fourth-order valence-corrected chi connectivity index (χ4v) is 2.43. The average Bonchev–Trinajstić information content (AvgIpc) is 3.02. The number of hydrogen-bond donors (Lipinski definition) is 0. The van der Waals surface area contributed by atoms with Gasteiger partial charge in [0.25, 0.3) is 0 Å². The van der Waals surface area contributed by atoms with Crippen LogP contribution >= 0.6 is 0 Å². The zero-order valence-electron chi connectivity index (χ0n) is 11.6. The Labute approximate surface area is 122 Å². The summed E-state index contributed by atoms with van der Waals surface area (Å²) in [5, 5.41) is 8.41. The van der Waals surface area contributed by atoms with Gasteiger partial charge in [-0.3, -0.25) is 0 Å². The van der Waals surface area contributed by atoms with Gasteiger partial charge in [0.15, 0.2) is 11.2 Å². The predicted molar refractivity (Wildman–Crippen MR) is 78.6 cm³/mol. The smallest absolute Gasteiger partial charge is 0.358 e. The lowest BCUT2D eigenvalue weighted by atomic mass is 9.83. The molecule has 2 aromatic carbocycles. The molecule has 4 nitrogen and oxygen atoms in total. The van der Waals surface area contributed by atoms with Crippen LogP contribution in [0.15, 0.2) is 82.7 Å². The molecule has 0 radical (unpaired) electrons. The first kappa shape index (κ1) is 13.2. The molecule has 4 heteroatoms. The van der Waals surface area contributed by atoms with Gasteiger partial charge in [-0.2, -0.15) is 5.11 Å². The molecule has 0 bridgehead atoms. The molecule has 21 heavy (non-hydrogen) atoms. The van der Waals surface area contributed by atoms with Gasteiger partial charge < -0.3 is 4.74 Å². The third-order valence-electron chi connectivity index (χ3n) is 3.48. The molecule has 0 amide bonds. The average molecular weight is 278 g/mol. The third-order valence-corrected chi connectivity index (χ3v) is 3.48. The Balaban J connectivity index is 2.18. The highest BCUT2D eigenvalue weighted by Crippen LogP contribution is 2.40. The molecule has 0 N–H and O–H groups in total. The molecule has 0 saturated carbocycles. The van der Waals surface area contributed by atoms with Crippen LogP contribution in [0.5, 0.6) is 0 Å². The highest BCUT2D eigenvalue weighted by Gasteiger charge is 2.37. The molecule has 0 spiro atoms. The molecule has 3 rings (SSSR count). The lowest BCUT2D eigenvalue weighted by Gasteiger charge is -2.23. The summed E-state index contributed by atoms with van der Waals surface area (Å²) in [6.07, 6.45) is 1.75. The summed E-state index contributed by atoms with van der Waals surface area (Å²) in [7, 11) is 1.34. The minimum atomic E-state index is -0.772. The van der Waals surface area contributed by atoms with Crippen molar-refractivity contribution >= 4 is 5.97 Å². The largest absolute Gasteiger partial charge is 0.464 e. The third kappa shape index (κ3) is 2.25. The van der Waals surface area contributed by atoms with E-state index in [-0.39, 0.29) is 5.70 Å². The zero-order valence-corrected chi connectivity index (χ0v) is 11.6. The minimum Gasteiger partial charge on any atom is -0.464 e. The molecule has 1 aliphatic heterocycles. The van der Waals surface area contributed by atoms with Crippen LogP contribution in [0.3, 0.4) is 0 Å². The molecule has 0 unspecified atom stereocenters. The number of hydrogen-bond acceptors (Lipinski definition) is 4. The second-order valence-electron chi connectivity index (χ2n) is 4.72. The maximum Gasteiger partial charge on any atom is 0.358 e. The number of azo groups is 1. The van der Waals surface area contributed by atoms with Crippen molar-refractivity contribution in [3.63, 3.8) is 0 Å². The molecule has 2 aromatic rings. The summed E-state index contributed by atoms with van der Waals surface area (Å²) in [6, 6.07) is 19.6. The lowest BCUT2D eigenvalue weighted by molar-refractivity contribution is -0.136. The first-order chi connectivity index (χ1) is 10.3. The van der Waals surface area contributed by atoms with Crippen LogP contribution in [0.1, 0.15) is 11.1 Å². The molecule has 0 aromatic heterocycles. The van der Waals surface area contributed by atoms with E-state index in [9.17, 15) is 4.79 Å². The Morgan fingerprint density at radius 2 is 1.48 bits per heavy atom. The van der Waals surface area contributed by atoms with E-state index in [0.717, 1.165) is 11.1 Å². The van der Waals surface area contributed by atoms with Gasteiger partial charge in [-0.1, -0.05) is 60.7 Å². The van der Waals surface area contributed by atoms with Gasteiger partial charge >= 0.3 is 5.97 Å². The highest BCUT2D eigenvalue weighted by atomic mass is 16.5. The van der Waals surface area contributed by atoms with Crippen molar-refractivity contribution in [2.24, 2.45) is 10.2 Å². The maximum absolute atomic E-state index is 11.7. The van der Waals surface area contributed by atoms with Crippen molar-refractivity contribution < 1.29 is 9.53 Å². The quantitative estimate of drug-likeness (QED) is 0.807. The van der Waals surface area contributed by atoms with Crippen LogP contribution in [0.25, 0.3) is 0 Å². The normalized spacial score (nSPS) is 15.6. The second kappa shape index (κ2) is 5.32. The van der Waals surface area contributed by atoms with Crippen LogP contribution in [0.4, 0.5) is 0 Å². The number of esters is 1. The molecule has 0 aliphatic carbocycles. The predicted octanol–water partition coefficient (Wildman–Crippen LogP) is 3.45. The van der Waals surface area contributed by atoms with E-state index >= 15 is 0 Å². The van der Waals surface area contributed by atoms with Gasteiger partial charge in [0, 0.05) is 0 Å². The van der Waals surface area contributed by atoms with E-state index in [2.05, 4.69) is 10.2 Å². The summed E-state index contributed by atoms with van der Waals surface area (Å²) < 4.78 is 4.74. The van der Waals surface area contributed by atoms with Gasteiger partial charge in [-0.15, -0.1) is 5.11 Å². The molecule has 104 valence electrons. The summed E-state index contributed by atoms with van der Waals surface area (Å²) in [6.45, 7) is 0. The van der Waals surface area contributed by atoms with Gasteiger partial charge in [-0.25, -0.2) is 4.79 Å². The zero-order chi connectivity index (χ0) is 14.7. The number of benzene rings is 2. The number of carbonyl (C=O) groups is 1. The Morgan fingerprint density at radius 3 is 1.95 bits per heavy atom. The van der Waals surface area contributed by atoms with Crippen molar-refractivity contribution in [3.8, 4) is 0 Å². The summed E-state index contributed by atoms with van der Waals surface area (Å²) in [5.41, 5.74) is 1.37. The second-order valence-corrected chi connectivity index (χ2v) is 4.72. The van der Waals surface area contributed by atoms with Crippen molar-refractivity contribution in [2.45, 2.75) is 5.54 Å². The van der Waals surface area contributed by atoms with Crippen LogP contribution in [0.2, 0.25) is 0 Å². The molecule has 0 fully saturated rings. The number of carbonyl (C=O) groups excluding carboxylic acids is 1. The van der Waals surface area contributed by atoms with Crippen molar-refractivity contribution in [2.75, 3.05) is 7.11 Å². The first-order valence-electron chi connectivity index (χ1n) is 6.61. The summed E-state index contributed by atoms with van der Waals surface area (Å²) in [4.78, 5) is 11.7. The molecule has 0 atom stereocenters. The number of nitrogens with zero attached hydrogens (tertiary/aromatic N) is 2. The molecule has 0 saturated heterocycles. The first-order valence-corrected chi connectivity index (χ1v) is 6.61. The standard InChI is InChI=1S/C17H14N2O2/c1-21-16(20)15-12-17(19-18-15,13-8-4-2-5-9-13)14-10-6-3-7-11-14/h2-12H,1H3. The van der Waals surface area contributed by atoms with E-state index in [4.69, 9.17) is 4.74 Å². The number of ether oxygens (including phenoxy) is 1. The van der Waals surface area contributed by atoms with Crippen molar-refractivity contribution in [1.29, 1.82) is 0 Å². The van der Waals surface area contributed by atoms with Crippen molar-refractivity contribution in [3.05, 3.63) is 83.6 Å². The Hall–Kier alpha value is -2.75. The molecule has 1 heterocycles. The van der Waals surface area contributed by atoms with Gasteiger partial charge in [0.05, 0.1) is 7.11 Å². The Kier molecular flexibility index (Phi) is 3.36. The molecular formula is C17H14N2O2. The van der Waals surface area contributed by atoms with Crippen molar-refractivity contribution in [1.82, 2.24) is 0 Å². The lowest BCUT2D eigenvalue weighted by Crippen LogP contribution is -2.21. The Morgan fingerprint density at radius 1 is 0.952 bits per heavy atom. The van der Waals surface area contributed by atoms with Gasteiger partial charge in [-0.05, 0) is 17.2 Å². The SMILES string of the molecule is COC(=O)C1=CC(c2ccccc2)(c2ccccc2)N=N1.